The van der Waals surface area contributed by atoms with Crippen molar-refractivity contribution < 1.29 is 14.3 Å². The minimum absolute atomic E-state index is 0.0156. The lowest BCUT2D eigenvalue weighted by Crippen LogP contribution is -2.37. The number of rotatable bonds is 5. The monoisotopic (exact) mass is 326 g/mol. The predicted octanol–water partition coefficient (Wildman–Crippen LogP) is 1.75. The van der Waals surface area contributed by atoms with E-state index < -0.39 is 18.0 Å². The molecule has 0 saturated carbocycles. The van der Waals surface area contributed by atoms with Crippen LogP contribution in [0.4, 0.5) is 9.18 Å². The van der Waals surface area contributed by atoms with Crippen molar-refractivity contribution in [2.75, 3.05) is 6.54 Å². The summed E-state index contributed by atoms with van der Waals surface area (Å²) in [5, 5.41) is 19.0. The molecular weight excluding hydrogens is 311 g/mol. The van der Waals surface area contributed by atoms with Crippen LogP contribution in [0.15, 0.2) is 30.6 Å². The van der Waals surface area contributed by atoms with Crippen molar-refractivity contribution in [3.63, 3.8) is 0 Å². The van der Waals surface area contributed by atoms with Crippen LogP contribution in [0.3, 0.4) is 0 Å². The Hall–Kier alpha value is -2.12. The number of aliphatic hydroxyl groups is 1. The summed E-state index contributed by atoms with van der Waals surface area (Å²) in [6.45, 7) is 0.283. The van der Waals surface area contributed by atoms with Crippen LogP contribution in [0, 0.1) is 5.82 Å². The van der Waals surface area contributed by atoms with Gasteiger partial charge in [0.05, 0.1) is 17.3 Å². The SMILES string of the molecule is Cn1cc(CNC(=O)NCC(O)c2ccc(Cl)c(F)c2)cn1. The van der Waals surface area contributed by atoms with E-state index in [-0.39, 0.29) is 11.6 Å². The Balaban J connectivity index is 1.78. The van der Waals surface area contributed by atoms with Crippen LogP contribution in [0.2, 0.25) is 5.02 Å². The van der Waals surface area contributed by atoms with Crippen LogP contribution >= 0.6 is 11.6 Å². The molecule has 118 valence electrons. The van der Waals surface area contributed by atoms with E-state index in [9.17, 15) is 14.3 Å². The van der Waals surface area contributed by atoms with Crippen molar-refractivity contribution in [3.8, 4) is 0 Å². The molecule has 0 fully saturated rings. The van der Waals surface area contributed by atoms with Crippen molar-refractivity contribution in [1.82, 2.24) is 20.4 Å². The standard InChI is InChI=1S/C14H16ClFN4O2/c1-20-8-9(6-19-20)5-17-14(22)18-7-13(21)10-2-3-11(15)12(16)4-10/h2-4,6,8,13,21H,5,7H2,1H3,(H2,17,18,22). The van der Waals surface area contributed by atoms with E-state index in [1.54, 1.807) is 24.1 Å². The molecule has 1 aromatic heterocycles. The van der Waals surface area contributed by atoms with Gasteiger partial charge in [0.15, 0.2) is 0 Å². The summed E-state index contributed by atoms with van der Waals surface area (Å²) in [6, 6.07) is 3.57. The lowest BCUT2D eigenvalue weighted by atomic mass is 10.1. The number of aryl methyl sites for hydroxylation is 1. The average molecular weight is 327 g/mol. The van der Waals surface area contributed by atoms with Gasteiger partial charge in [-0.2, -0.15) is 5.10 Å². The number of amides is 2. The molecule has 8 heteroatoms. The van der Waals surface area contributed by atoms with Gasteiger partial charge >= 0.3 is 6.03 Å². The Morgan fingerprint density at radius 1 is 1.50 bits per heavy atom. The number of halogens is 2. The number of benzene rings is 1. The zero-order chi connectivity index (χ0) is 16.1. The van der Waals surface area contributed by atoms with Gasteiger partial charge in [-0.3, -0.25) is 4.68 Å². The maximum atomic E-state index is 13.3. The van der Waals surface area contributed by atoms with E-state index in [0.717, 1.165) is 11.6 Å². The first-order valence-corrected chi connectivity index (χ1v) is 6.95. The number of aliphatic hydroxyl groups excluding tert-OH is 1. The van der Waals surface area contributed by atoms with Crippen LogP contribution in [-0.4, -0.2) is 27.5 Å². The Labute approximate surface area is 131 Å². The zero-order valence-electron chi connectivity index (χ0n) is 11.9. The van der Waals surface area contributed by atoms with Crippen LogP contribution < -0.4 is 10.6 Å². The molecule has 1 unspecified atom stereocenters. The molecular formula is C14H16ClFN4O2. The van der Waals surface area contributed by atoms with Crippen LogP contribution in [0.1, 0.15) is 17.2 Å². The van der Waals surface area contributed by atoms with E-state index in [4.69, 9.17) is 11.6 Å². The third-order valence-electron chi connectivity index (χ3n) is 3.00. The van der Waals surface area contributed by atoms with Crippen molar-refractivity contribution in [2.45, 2.75) is 12.6 Å². The third-order valence-corrected chi connectivity index (χ3v) is 3.30. The van der Waals surface area contributed by atoms with Gasteiger partial charge in [-0.05, 0) is 17.7 Å². The molecule has 0 aliphatic rings. The minimum Gasteiger partial charge on any atom is -0.387 e. The maximum Gasteiger partial charge on any atom is 0.315 e. The molecule has 1 aromatic carbocycles. The first-order valence-electron chi connectivity index (χ1n) is 6.58. The number of nitrogens with one attached hydrogen (secondary N) is 2. The van der Waals surface area contributed by atoms with Gasteiger partial charge in [-0.1, -0.05) is 17.7 Å². The number of hydrogen-bond acceptors (Lipinski definition) is 3. The van der Waals surface area contributed by atoms with E-state index in [0.29, 0.717) is 12.1 Å². The quantitative estimate of drug-likeness (QED) is 0.783. The number of aromatic nitrogens is 2. The maximum absolute atomic E-state index is 13.3. The normalized spacial score (nSPS) is 12.0. The molecule has 2 rings (SSSR count). The lowest BCUT2D eigenvalue weighted by Gasteiger charge is -2.13. The Kier molecular flexibility index (Phi) is 5.35. The fourth-order valence-electron chi connectivity index (χ4n) is 1.83. The zero-order valence-corrected chi connectivity index (χ0v) is 12.6. The second kappa shape index (κ2) is 7.24. The molecule has 1 atom stereocenters. The smallest absolute Gasteiger partial charge is 0.315 e. The van der Waals surface area contributed by atoms with Crippen LogP contribution in [0.5, 0.6) is 0 Å². The van der Waals surface area contributed by atoms with Gasteiger partial charge in [0.1, 0.15) is 5.82 Å². The van der Waals surface area contributed by atoms with E-state index in [2.05, 4.69) is 15.7 Å². The summed E-state index contributed by atoms with van der Waals surface area (Å²) in [5.74, 6) is -0.612. The van der Waals surface area contributed by atoms with Gasteiger partial charge in [-0.25, -0.2) is 9.18 Å². The topological polar surface area (TPSA) is 79.2 Å². The highest BCUT2D eigenvalue weighted by atomic mass is 35.5. The van der Waals surface area contributed by atoms with Crippen molar-refractivity contribution >= 4 is 17.6 Å². The molecule has 22 heavy (non-hydrogen) atoms. The van der Waals surface area contributed by atoms with Gasteiger partial charge < -0.3 is 15.7 Å². The molecule has 1 heterocycles. The fraction of sp³-hybridized carbons (Fsp3) is 0.286. The van der Waals surface area contributed by atoms with Gasteiger partial charge in [-0.15, -0.1) is 0 Å². The summed E-state index contributed by atoms with van der Waals surface area (Å²) >= 11 is 5.57. The first-order chi connectivity index (χ1) is 10.5. The molecule has 2 aromatic rings. The molecule has 0 spiro atoms. The highest BCUT2D eigenvalue weighted by Gasteiger charge is 2.11. The molecule has 0 radical (unpaired) electrons. The number of carbonyl (C=O) groups is 1. The van der Waals surface area contributed by atoms with E-state index in [1.807, 2.05) is 0 Å². The summed E-state index contributed by atoms with van der Waals surface area (Å²) < 4.78 is 14.9. The second-order valence-electron chi connectivity index (χ2n) is 4.78. The Bertz CT molecular complexity index is 662. The largest absolute Gasteiger partial charge is 0.387 e. The van der Waals surface area contributed by atoms with Crippen molar-refractivity contribution in [1.29, 1.82) is 0 Å². The van der Waals surface area contributed by atoms with Crippen LogP contribution in [-0.2, 0) is 13.6 Å². The van der Waals surface area contributed by atoms with Crippen molar-refractivity contribution in [2.24, 2.45) is 7.05 Å². The first kappa shape index (κ1) is 16.3. The highest BCUT2D eigenvalue weighted by Crippen LogP contribution is 2.19. The molecule has 3 N–H and O–H groups in total. The molecule has 0 aliphatic heterocycles. The fourth-order valence-corrected chi connectivity index (χ4v) is 1.95. The van der Waals surface area contributed by atoms with Gasteiger partial charge in [0.2, 0.25) is 0 Å². The van der Waals surface area contributed by atoms with Crippen LogP contribution in [0.25, 0.3) is 0 Å². The highest BCUT2D eigenvalue weighted by molar-refractivity contribution is 6.30. The number of urea groups is 1. The number of hydrogen-bond donors (Lipinski definition) is 3. The number of nitrogens with zero attached hydrogens (tertiary/aromatic N) is 2. The Morgan fingerprint density at radius 3 is 2.91 bits per heavy atom. The summed E-state index contributed by atoms with van der Waals surface area (Å²) in [7, 11) is 1.78. The predicted molar refractivity (Wildman–Crippen MR) is 79.8 cm³/mol. The van der Waals surface area contributed by atoms with Gasteiger partial charge in [0.25, 0.3) is 0 Å². The molecule has 0 aliphatic carbocycles. The van der Waals surface area contributed by atoms with E-state index >= 15 is 0 Å². The van der Waals surface area contributed by atoms with Crippen molar-refractivity contribution in [3.05, 3.63) is 52.6 Å². The van der Waals surface area contributed by atoms with E-state index in [1.165, 1.54) is 12.1 Å². The van der Waals surface area contributed by atoms with Gasteiger partial charge in [0, 0.05) is 31.9 Å². The molecule has 0 bridgehead atoms. The summed E-state index contributed by atoms with van der Waals surface area (Å²) in [5.41, 5.74) is 1.20. The molecule has 2 amide bonds. The second-order valence-corrected chi connectivity index (χ2v) is 5.18. The minimum atomic E-state index is -1.02. The lowest BCUT2D eigenvalue weighted by molar-refractivity contribution is 0.172. The molecule has 6 nitrogen and oxygen atoms in total. The summed E-state index contributed by atoms with van der Waals surface area (Å²) in [4.78, 5) is 11.6. The average Bonchev–Trinajstić information content (AvgIpc) is 2.91. The number of carbonyl (C=O) groups excluding carboxylic acids is 1. The Morgan fingerprint density at radius 2 is 2.27 bits per heavy atom. The molecule has 0 saturated heterocycles. The third kappa shape index (κ3) is 4.44. The summed E-state index contributed by atoms with van der Waals surface area (Å²) in [6.07, 6.45) is 2.41.